The fourth-order valence-electron chi connectivity index (χ4n) is 6.01. The van der Waals surface area contributed by atoms with Gasteiger partial charge >= 0.3 is 5.97 Å². The molecule has 1 saturated carbocycles. The van der Waals surface area contributed by atoms with E-state index in [-0.39, 0.29) is 36.0 Å². The fourth-order valence-corrected chi connectivity index (χ4v) is 6.01. The molecule has 1 unspecified atom stereocenters. The zero-order valence-electron chi connectivity index (χ0n) is 21.7. The molecule has 1 aliphatic heterocycles. The van der Waals surface area contributed by atoms with Crippen LogP contribution >= 0.6 is 0 Å². The molecule has 196 valence electrons. The Morgan fingerprint density at radius 3 is 2.37 bits per heavy atom. The van der Waals surface area contributed by atoms with Crippen LogP contribution in [0.3, 0.4) is 0 Å². The molecule has 9 atom stereocenters. The normalized spacial score (nSPS) is 40.9. The summed E-state index contributed by atoms with van der Waals surface area (Å²) in [5.41, 5.74) is 5.92. The van der Waals surface area contributed by atoms with E-state index < -0.39 is 24.3 Å². The minimum Gasteiger partial charge on any atom is -0.462 e. The van der Waals surface area contributed by atoms with Gasteiger partial charge in [-0.2, -0.15) is 5.26 Å². The van der Waals surface area contributed by atoms with Gasteiger partial charge in [0.1, 0.15) is 6.10 Å². The lowest BCUT2D eigenvalue weighted by Crippen LogP contribution is -2.36. The number of aliphatic hydroxyl groups is 2. The number of carbonyl (C=O) groups is 2. The zero-order valence-corrected chi connectivity index (χ0v) is 21.7. The lowest BCUT2D eigenvalue weighted by molar-refractivity contribution is -0.156. The molecule has 2 rings (SSSR count). The minimum absolute atomic E-state index is 0.0667. The predicted octanol–water partition coefficient (Wildman–Crippen LogP) is 4.04. The predicted molar refractivity (Wildman–Crippen MR) is 134 cm³/mol. The number of amides is 1. The maximum absolute atomic E-state index is 12.8. The number of nitriles is 1. The first kappa shape index (κ1) is 29.1. The van der Waals surface area contributed by atoms with E-state index in [4.69, 9.17) is 10.5 Å². The summed E-state index contributed by atoms with van der Waals surface area (Å²) in [7, 11) is 0. The summed E-state index contributed by atoms with van der Waals surface area (Å²) < 4.78 is 5.82. The van der Waals surface area contributed by atoms with Crippen molar-refractivity contribution in [3.8, 4) is 6.07 Å². The van der Waals surface area contributed by atoms with Gasteiger partial charge in [0.05, 0.1) is 30.3 Å². The van der Waals surface area contributed by atoms with Crippen molar-refractivity contribution in [3.05, 3.63) is 23.8 Å². The molecule has 0 aromatic heterocycles. The van der Waals surface area contributed by atoms with Crippen molar-refractivity contribution < 1.29 is 24.5 Å². The van der Waals surface area contributed by atoms with Crippen molar-refractivity contribution in [3.63, 3.8) is 0 Å². The number of cyclic esters (lactones) is 1. The summed E-state index contributed by atoms with van der Waals surface area (Å²) >= 11 is 0. The Morgan fingerprint density at radius 2 is 1.74 bits per heavy atom. The molecule has 7 heteroatoms. The van der Waals surface area contributed by atoms with Gasteiger partial charge in [0.15, 0.2) is 0 Å². The van der Waals surface area contributed by atoms with Crippen LogP contribution in [0.4, 0.5) is 0 Å². The van der Waals surface area contributed by atoms with Gasteiger partial charge in [0.2, 0.25) is 5.91 Å². The first-order chi connectivity index (χ1) is 16.5. The Balaban J connectivity index is 2.30. The summed E-state index contributed by atoms with van der Waals surface area (Å²) in [4.78, 5) is 24.8. The van der Waals surface area contributed by atoms with Crippen molar-refractivity contribution in [2.45, 2.75) is 97.4 Å². The molecule has 1 aliphatic carbocycles. The Hall–Kier alpha value is -2.17. The van der Waals surface area contributed by atoms with Gasteiger partial charge in [-0.25, -0.2) is 0 Å². The minimum atomic E-state index is -0.857. The van der Waals surface area contributed by atoms with Gasteiger partial charge in [-0.3, -0.25) is 9.59 Å². The van der Waals surface area contributed by atoms with Crippen LogP contribution in [0.25, 0.3) is 0 Å². The average Bonchev–Trinajstić information content (AvgIpc) is 3.27. The second-order valence-corrected chi connectivity index (χ2v) is 11.1. The van der Waals surface area contributed by atoms with Crippen LogP contribution in [-0.2, 0) is 14.3 Å². The monoisotopic (exact) mass is 488 g/mol. The average molecular weight is 489 g/mol. The third kappa shape index (κ3) is 8.77. The molecule has 0 spiro atoms. The molecule has 0 saturated heterocycles. The molecule has 4 N–H and O–H groups in total. The standard InChI is InChI=1S/C28H44N2O5/c1-17-12-18(2)14-20(4)27(33)21(16-29)8-5-6-11-25(22-9-7-10-23(22)28(30)34)35-26(32)15-24(31)19(3)13-17/h5-6,8,17-20,22-25,27,31,33H,7,9-15H2,1-4H3,(H2,30,34)/b6-5+,21-8-/t17-,18+,19-,20-,22?,23+,24-,25-,27+/m1/s1. The molecule has 35 heavy (non-hydrogen) atoms. The van der Waals surface area contributed by atoms with Crippen molar-refractivity contribution in [1.82, 2.24) is 0 Å². The molecular formula is C28H44N2O5. The van der Waals surface area contributed by atoms with Crippen LogP contribution in [0.5, 0.6) is 0 Å². The van der Waals surface area contributed by atoms with E-state index in [1.165, 1.54) is 0 Å². The Kier molecular flexibility index (Phi) is 11.5. The summed E-state index contributed by atoms with van der Waals surface area (Å²) in [6.07, 6.45) is 7.96. The van der Waals surface area contributed by atoms with E-state index >= 15 is 0 Å². The Morgan fingerprint density at radius 1 is 1.09 bits per heavy atom. The van der Waals surface area contributed by atoms with Crippen LogP contribution in [0, 0.1) is 46.8 Å². The number of hydrogen-bond acceptors (Lipinski definition) is 6. The number of aliphatic hydroxyl groups excluding tert-OH is 2. The summed E-state index contributed by atoms with van der Waals surface area (Å²) in [5.74, 6) is -0.824. The van der Waals surface area contributed by atoms with E-state index in [1.54, 1.807) is 18.2 Å². The first-order valence-electron chi connectivity index (χ1n) is 13.1. The molecule has 2 aliphatic rings. The highest BCUT2D eigenvalue weighted by Gasteiger charge is 2.38. The summed E-state index contributed by atoms with van der Waals surface area (Å²) in [6.45, 7) is 8.21. The van der Waals surface area contributed by atoms with Crippen LogP contribution in [0.2, 0.25) is 0 Å². The highest BCUT2D eigenvalue weighted by Crippen LogP contribution is 2.37. The number of esters is 1. The molecule has 1 amide bonds. The highest BCUT2D eigenvalue weighted by atomic mass is 16.5. The van der Waals surface area contributed by atoms with E-state index in [1.807, 2.05) is 13.8 Å². The number of hydrogen-bond donors (Lipinski definition) is 3. The molecule has 1 heterocycles. The van der Waals surface area contributed by atoms with Gasteiger partial charge in [0.25, 0.3) is 0 Å². The molecule has 7 nitrogen and oxygen atoms in total. The summed E-state index contributed by atoms with van der Waals surface area (Å²) in [5, 5.41) is 31.1. The van der Waals surface area contributed by atoms with Gasteiger partial charge < -0.3 is 20.7 Å². The number of ether oxygens (including phenoxy) is 1. The lowest BCUT2D eigenvalue weighted by atomic mass is 9.82. The molecule has 0 aromatic rings. The molecule has 0 bridgehead atoms. The van der Waals surface area contributed by atoms with Crippen molar-refractivity contribution in [2.24, 2.45) is 41.2 Å². The number of nitrogens with two attached hydrogens (primary N) is 1. The van der Waals surface area contributed by atoms with Gasteiger partial charge in [-0.1, -0.05) is 46.3 Å². The van der Waals surface area contributed by atoms with Gasteiger partial charge in [0, 0.05) is 18.3 Å². The third-order valence-corrected chi connectivity index (χ3v) is 7.85. The Bertz CT molecular complexity index is 817. The summed E-state index contributed by atoms with van der Waals surface area (Å²) in [6, 6.07) is 2.12. The van der Waals surface area contributed by atoms with Crippen molar-refractivity contribution >= 4 is 11.9 Å². The van der Waals surface area contributed by atoms with Gasteiger partial charge in [-0.15, -0.1) is 0 Å². The Labute approximate surface area is 210 Å². The number of carbonyl (C=O) groups excluding carboxylic acids is 2. The van der Waals surface area contributed by atoms with Crippen LogP contribution in [0.1, 0.15) is 79.1 Å². The van der Waals surface area contributed by atoms with Crippen LogP contribution in [0.15, 0.2) is 23.8 Å². The van der Waals surface area contributed by atoms with Crippen molar-refractivity contribution in [1.29, 1.82) is 5.26 Å². The SMILES string of the molecule is C[C@@H]1C[C@H](C)C[C@@H](C)[C@H](O)/C(C#N)=C\C=C\C[C@H](C2CCC[C@@H]2C(N)=O)OC(=O)C[C@@H](O)[C@H](C)C1. The lowest BCUT2D eigenvalue weighted by Gasteiger charge is -2.28. The van der Waals surface area contributed by atoms with Gasteiger partial charge in [-0.05, 0) is 61.9 Å². The van der Waals surface area contributed by atoms with Crippen molar-refractivity contribution in [2.75, 3.05) is 0 Å². The maximum Gasteiger partial charge on any atom is 0.308 e. The second kappa shape index (κ2) is 13.8. The largest absolute Gasteiger partial charge is 0.462 e. The topological polar surface area (TPSA) is 134 Å². The molecule has 0 radical (unpaired) electrons. The third-order valence-electron chi connectivity index (χ3n) is 7.85. The number of nitrogens with zero attached hydrogens (tertiary/aromatic N) is 1. The molecule has 0 aromatic carbocycles. The molecular weight excluding hydrogens is 444 g/mol. The second-order valence-electron chi connectivity index (χ2n) is 11.1. The van der Waals surface area contributed by atoms with E-state index in [9.17, 15) is 25.1 Å². The number of rotatable bonds is 2. The van der Waals surface area contributed by atoms with E-state index in [2.05, 4.69) is 19.9 Å². The molecule has 1 fully saturated rings. The van der Waals surface area contributed by atoms with Crippen LogP contribution < -0.4 is 5.73 Å². The quantitative estimate of drug-likeness (QED) is 0.502. The zero-order chi connectivity index (χ0) is 26.1. The van der Waals surface area contributed by atoms with E-state index in [0.29, 0.717) is 30.3 Å². The first-order valence-corrected chi connectivity index (χ1v) is 13.1. The maximum atomic E-state index is 12.8. The van der Waals surface area contributed by atoms with E-state index in [0.717, 1.165) is 32.1 Å². The highest BCUT2D eigenvalue weighted by molar-refractivity contribution is 5.77. The fraction of sp³-hybridized carbons (Fsp3) is 0.750. The van der Waals surface area contributed by atoms with Crippen LogP contribution in [-0.4, -0.2) is 40.4 Å². The number of allylic oxidation sites excluding steroid dienone is 2. The number of primary amides is 1. The smallest absolute Gasteiger partial charge is 0.308 e.